The molecular formula is C10H23NOS. The molecule has 0 aromatic heterocycles. The molecule has 3 heteroatoms. The SMILES string of the molecule is CCC(CSC)N(C)CC(C)CO. The summed E-state index contributed by atoms with van der Waals surface area (Å²) in [6, 6.07) is 0.656. The molecule has 0 saturated heterocycles. The lowest BCUT2D eigenvalue weighted by Crippen LogP contribution is -2.37. The molecule has 0 aliphatic heterocycles. The molecule has 80 valence electrons. The average molecular weight is 205 g/mol. The van der Waals surface area contributed by atoms with Crippen LogP contribution in [-0.4, -0.2) is 48.3 Å². The lowest BCUT2D eigenvalue weighted by atomic mass is 10.1. The molecule has 0 aromatic carbocycles. The topological polar surface area (TPSA) is 23.5 Å². The third-order valence-corrected chi connectivity index (χ3v) is 3.08. The van der Waals surface area contributed by atoms with Gasteiger partial charge in [-0.2, -0.15) is 11.8 Å². The molecule has 0 bridgehead atoms. The van der Waals surface area contributed by atoms with E-state index in [1.807, 2.05) is 11.8 Å². The van der Waals surface area contributed by atoms with E-state index in [-0.39, 0.29) is 0 Å². The zero-order valence-corrected chi connectivity index (χ0v) is 10.1. The normalized spacial score (nSPS) is 16.2. The fourth-order valence-electron chi connectivity index (χ4n) is 1.45. The third kappa shape index (κ3) is 5.55. The molecule has 2 unspecified atom stereocenters. The highest BCUT2D eigenvalue weighted by Crippen LogP contribution is 2.10. The summed E-state index contributed by atoms with van der Waals surface area (Å²) in [4.78, 5) is 2.36. The molecule has 2 atom stereocenters. The quantitative estimate of drug-likeness (QED) is 0.684. The Balaban J connectivity index is 3.82. The van der Waals surface area contributed by atoms with Gasteiger partial charge < -0.3 is 10.0 Å². The predicted molar refractivity (Wildman–Crippen MR) is 61.3 cm³/mol. The van der Waals surface area contributed by atoms with Crippen molar-refractivity contribution in [1.29, 1.82) is 0 Å². The summed E-state index contributed by atoms with van der Waals surface area (Å²) in [5.41, 5.74) is 0. The Kier molecular flexibility index (Phi) is 7.81. The molecule has 0 heterocycles. The first kappa shape index (κ1) is 13.3. The lowest BCUT2D eigenvalue weighted by Gasteiger charge is -2.28. The van der Waals surface area contributed by atoms with Gasteiger partial charge in [-0.1, -0.05) is 13.8 Å². The summed E-state index contributed by atoms with van der Waals surface area (Å²) in [5, 5.41) is 8.94. The van der Waals surface area contributed by atoms with Crippen LogP contribution in [0.3, 0.4) is 0 Å². The summed E-state index contributed by atoms with van der Waals surface area (Å²) in [6.45, 7) is 5.60. The molecular weight excluding hydrogens is 182 g/mol. The molecule has 1 N–H and O–H groups in total. The van der Waals surface area contributed by atoms with Gasteiger partial charge in [-0.15, -0.1) is 0 Å². The molecule has 0 aliphatic carbocycles. The first-order valence-electron chi connectivity index (χ1n) is 4.95. The minimum absolute atomic E-state index is 0.292. The summed E-state index contributed by atoms with van der Waals surface area (Å²) in [6.07, 6.45) is 3.33. The molecule has 0 fully saturated rings. The molecule has 0 saturated carbocycles. The maximum absolute atomic E-state index is 8.94. The summed E-state index contributed by atoms with van der Waals surface area (Å²) >= 11 is 1.89. The van der Waals surface area contributed by atoms with Crippen LogP contribution in [0.5, 0.6) is 0 Å². The van der Waals surface area contributed by atoms with Crippen molar-refractivity contribution < 1.29 is 5.11 Å². The van der Waals surface area contributed by atoms with Gasteiger partial charge in [-0.3, -0.25) is 0 Å². The molecule has 0 rings (SSSR count). The molecule has 0 spiro atoms. The summed E-state index contributed by atoms with van der Waals surface area (Å²) in [7, 11) is 2.15. The Bertz CT molecular complexity index is 121. The number of nitrogens with zero attached hydrogens (tertiary/aromatic N) is 1. The van der Waals surface area contributed by atoms with Gasteiger partial charge in [0.15, 0.2) is 0 Å². The van der Waals surface area contributed by atoms with E-state index >= 15 is 0 Å². The van der Waals surface area contributed by atoms with E-state index in [1.54, 1.807) is 0 Å². The van der Waals surface area contributed by atoms with E-state index in [1.165, 1.54) is 12.2 Å². The molecule has 2 nitrogen and oxygen atoms in total. The van der Waals surface area contributed by atoms with Gasteiger partial charge in [0.25, 0.3) is 0 Å². The van der Waals surface area contributed by atoms with Crippen molar-refractivity contribution in [3.8, 4) is 0 Å². The Morgan fingerprint density at radius 2 is 2.08 bits per heavy atom. The molecule has 0 aromatic rings. The number of hydrogen-bond donors (Lipinski definition) is 1. The van der Waals surface area contributed by atoms with Crippen LogP contribution in [0.2, 0.25) is 0 Å². The highest BCUT2D eigenvalue weighted by molar-refractivity contribution is 7.98. The van der Waals surface area contributed by atoms with Crippen LogP contribution in [0.15, 0.2) is 0 Å². The van der Waals surface area contributed by atoms with E-state index in [4.69, 9.17) is 5.11 Å². The Morgan fingerprint density at radius 1 is 1.46 bits per heavy atom. The van der Waals surface area contributed by atoms with E-state index in [0.717, 1.165) is 6.54 Å². The van der Waals surface area contributed by atoms with Crippen LogP contribution < -0.4 is 0 Å². The van der Waals surface area contributed by atoms with Gasteiger partial charge in [-0.25, -0.2) is 0 Å². The zero-order valence-electron chi connectivity index (χ0n) is 9.29. The number of aliphatic hydroxyl groups is 1. The van der Waals surface area contributed by atoms with Crippen LogP contribution in [-0.2, 0) is 0 Å². The van der Waals surface area contributed by atoms with Gasteiger partial charge in [0.2, 0.25) is 0 Å². The first-order chi connectivity index (χ1) is 6.15. The first-order valence-corrected chi connectivity index (χ1v) is 6.35. The van der Waals surface area contributed by atoms with Gasteiger partial charge in [-0.05, 0) is 25.6 Å². The minimum Gasteiger partial charge on any atom is -0.396 e. The van der Waals surface area contributed by atoms with Crippen molar-refractivity contribution in [2.75, 3.05) is 32.2 Å². The van der Waals surface area contributed by atoms with Crippen molar-refractivity contribution in [2.24, 2.45) is 5.92 Å². The Morgan fingerprint density at radius 3 is 2.46 bits per heavy atom. The third-order valence-electron chi connectivity index (χ3n) is 2.36. The summed E-state index contributed by atoms with van der Waals surface area (Å²) in [5.74, 6) is 1.58. The molecule has 0 radical (unpaired) electrons. The largest absolute Gasteiger partial charge is 0.396 e. The summed E-state index contributed by atoms with van der Waals surface area (Å²) < 4.78 is 0. The number of aliphatic hydroxyl groups excluding tert-OH is 1. The van der Waals surface area contributed by atoms with Gasteiger partial charge >= 0.3 is 0 Å². The van der Waals surface area contributed by atoms with Gasteiger partial charge in [0, 0.05) is 24.9 Å². The number of thioether (sulfide) groups is 1. The predicted octanol–water partition coefficient (Wildman–Crippen LogP) is 1.69. The van der Waals surface area contributed by atoms with Gasteiger partial charge in [0.05, 0.1) is 0 Å². The zero-order chi connectivity index (χ0) is 10.3. The fourth-order valence-corrected chi connectivity index (χ4v) is 2.32. The Hall–Kier alpha value is 0.270. The van der Waals surface area contributed by atoms with Crippen molar-refractivity contribution in [3.05, 3.63) is 0 Å². The van der Waals surface area contributed by atoms with E-state index in [0.29, 0.717) is 18.6 Å². The smallest absolute Gasteiger partial charge is 0.0468 e. The van der Waals surface area contributed by atoms with E-state index < -0.39 is 0 Å². The van der Waals surface area contributed by atoms with E-state index in [9.17, 15) is 0 Å². The number of rotatable bonds is 7. The number of hydrogen-bond acceptors (Lipinski definition) is 3. The van der Waals surface area contributed by atoms with Gasteiger partial charge in [0.1, 0.15) is 0 Å². The van der Waals surface area contributed by atoms with Crippen LogP contribution in [0.4, 0.5) is 0 Å². The maximum Gasteiger partial charge on any atom is 0.0468 e. The van der Waals surface area contributed by atoms with Crippen molar-refractivity contribution in [2.45, 2.75) is 26.3 Å². The fraction of sp³-hybridized carbons (Fsp3) is 1.00. The lowest BCUT2D eigenvalue weighted by molar-refractivity contribution is 0.166. The molecule has 0 aliphatic rings. The average Bonchev–Trinajstić information content (AvgIpc) is 2.13. The van der Waals surface area contributed by atoms with Crippen molar-refractivity contribution in [3.63, 3.8) is 0 Å². The van der Waals surface area contributed by atoms with Crippen LogP contribution >= 0.6 is 11.8 Å². The molecule has 0 amide bonds. The van der Waals surface area contributed by atoms with Crippen LogP contribution in [0.1, 0.15) is 20.3 Å². The van der Waals surface area contributed by atoms with E-state index in [2.05, 4.69) is 32.1 Å². The second kappa shape index (κ2) is 7.65. The minimum atomic E-state index is 0.292. The van der Waals surface area contributed by atoms with Crippen molar-refractivity contribution >= 4 is 11.8 Å². The Labute approximate surface area is 86.7 Å². The highest BCUT2D eigenvalue weighted by Gasteiger charge is 2.13. The van der Waals surface area contributed by atoms with Crippen LogP contribution in [0.25, 0.3) is 0 Å². The second-order valence-electron chi connectivity index (χ2n) is 3.74. The maximum atomic E-state index is 8.94. The highest BCUT2D eigenvalue weighted by atomic mass is 32.2. The van der Waals surface area contributed by atoms with Crippen LogP contribution in [0, 0.1) is 5.92 Å². The molecule has 13 heavy (non-hydrogen) atoms. The van der Waals surface area contributed by atoms with Crippen molar-refractivity contribution in [1.82, 2.24) is 4.90 Å². The monoisotopic (exact) mass is 205 g/mol. The standard InChI is InChI=1S/C10H23NOS/c1-5-10(8-13-4)11(3)6-9(2)7-12/h9-10,12H,5-8H2,1-4H3. The second-order valence-corrected chi connectivity index (χ2v) is 4.66.